The summed E-state index contributed by atoms with van der Waals surface area (Å²) in [6.45, 7) is 31.6. The van der Waals surface area contributed by atoms with Crippen molar-refractivity contribution in [1.29, 1.82) is 0 Å². The van der Waals surface area contributed by atoms with Crippen LogP contribution in [0.1, 0.15) is 25.7 Å². The van der Waals surface area contributed by atoms with Crippen molar-refractivity contribution in [2.24, 2.45) is 0 Å². The van der Waals surface area contributed by atoms with E-state index < -0.39 is 32.9 Å². The second-order valence-corrected chi connectivity index (χ2v) is 30.7. The fraction of sp³-hybridized carbons (Fsp3) is 1.00. The quantitative estimate of drug-likeness (QED) is 0.358. The molecule has 4 nitrogen and oxygen atoms in total. The van der Waals surface area contributed by atoms with Gasteiger partial charge in [0, 0.05) is 26.4 Å². The minimum atomic E-state index is -1.11. The number of rotatable bonds is 4. The minimum absolute atomic E-state index is 0. The third-order valence-corrected chi connectivity index (χ3v) is 13.7. The predicted molar refractivity (Wildman–Crippen MR) is 140 cm³/mol. The van der Waals surface area contributed by atoms with Crippen LogP contribution in [0.15, 0.2) is 0 Å². The summed E-state index contributed by atoms with van der Waals surface area (Å²) in [5.41, 5.74) is 0. The van der Waals surface area contributed by atoms with Gasteiger partial charge in [0.05, 0.1) is 0 Å². The van der Waals surface area contributed by atoms with E-state index in [0.717, 1.165) is 26.4 Å². The average molecular weight is 520 g/mol. The number of nitrogens with zero attached hydrogens (tertiary/aromatic N) is 2. The summed E-state index contributed by atoms with van der Waals surface area (Å²) in [5.74, 6) is 0. The van der Waals surface area contributed by atoms with Gasteiger partial charge in [-0.3, -0.25) is 0 Å². The van der Waals surface area contributed by atoms with Crippen molar-refractivity contribution in [3.8, 4) is 0 Å². The van der Waals surface area contributed by atoms with Gasteiger partial charge < -0.3 is 18.8 Å². The van der Waals surface area contributed by atoms with Crippen LogP contribution < -0.4 is 0 Å². The molecule has 0 atom stereocenters. The van der Waals surface area contributed by atoms with E-state index in [-0.39, 0.29) is 17.1 Å². The summed E-state index contributed by atoms with van der Waals surface area (Å²) < 4.78 is 19.5. The number of hydrogen-bond acceptors (Lipinski definition) is 2. The molecule has 2 rings (SSSR count). The maximum absolute atomic E-state index is 4.94. The van der Waals surface area contributed by atoms with Crippen molar-refractivity contribution in [2.45, 2.75) is 104 Å². The molecule has 177 valence electrons. The zero-order valence-electron chi connectivity index (χ0n) is 21.7. The third kappa shape index (κ3) is 40.2. The van der Waals surface area contributed by atoms with Gasteiger partial charge in [-0.2, -0.15) is 0 Å². The molecule has 0 amide bonds. The summed E-state index contributed by atoms with van der Waals surface area (Å²) >= 11 is 0. The van der Waals surface area contributed by atoms with Crippen LogP contribution in [0.2, 0.25) is 78.6 Å². The molecule has 0 aliphatic carbocycles. The van der Waals surface area contributed by atoms with Crippen molar-refractivity contribution >= 4 is 32.9 Å². The molecule has 2 aliphatic rings. The molecule has 1 radical (unpaired) electrons. The Morgan fingerprint density at radius 3 is 0.621 bits per heavy atom. The van der Waals surface area contributed by atoms with Gasteiger partial charge in [-0.15, -0.1) is 0 Å². The summed E-state index contributed by atoms with van der Waals surface area (Å²) in [5, 5.41) is 0. The molecule has 0 aromatic carbocycles. The maximum atomic E-state index is 4.94. The Kier molecular flexibility index (Phi) is 20.2. The van der Waals surface area contributed by atoms with Crippen LogP contribution in [0, 0.1) is 0 Å². The normalized spacial score (nSPS) is 17.0. The van der Waals surface area contributed by atoms with Crippen molar-refractivity contribution in [3.05, 3.63) is 9.30 Å². The Morgan fingerprint density at radius 2 is 0.586 bits per heavy atom. The van der Waals surface area contributed by atoms with Crippen LogP contribution >= 0.6 is 0 Å². The van der Waals surface area contributed by atoms with Gasteiger partial charge >= 0.3 is 17.1 Å². The van der Waals surface area contributed by atoms with Crippen LogP contribution in [0.3, 0.4) is 0 Å². The SMILES string of the molecule is C1CCOC1.C1CCOC1.C[Si](C)(C)[N-][Si](C)(C)C.C[Si](C)(C)[N-][Si](C)(C)C.[Mn+2]. The van der Waals surface area contributed by atoms with E-state index in [1.807, 2.05) is 0 Å². The van der Waals surface area contributed by atoms with Gasteiger partial charge in [-0.1, -0.05) is 112 Å². The van der Waals surface area contributed by atoms with E-state index in [1.165, 1.54) is 25.7 Å². The number of hydrogen-bond donors (Lipinski definition) is 0. The molecule has 0 aromatic heterocycles. The van der Waals surface area contributed by atoms with E-state index in [2.05, 4.69) is 78.6 Å². The topological polar surface area (TPSA) is 46.7 Å². The zero-order chi connectivity index (χ0) is 22.5. The Balaban J connectivity index is -0.000000316. The van der Waals surface area contributed by atoms with Gasteiger partial charge in [0.1, 0.15) is 0 Å². The van der Waals surface area contributed by atoms with Gasteiger partial charge in [-0.05, 0) is 25.7 Å². The molecule has 0 unspecified atom stereocenters. The molecule has 2 saturated heterocycles. The molecule has 2 aliphatic heterocycles. The summed E-state index contributed by atoms with van der Waals surface area (Å²) in [6, 6.07) is 0. The van der Waals surface area contributed by atoms with Crippen LogP contribution in [0.4, 0.5) is 0 Å². The Morgan fingerprint density at radius 1 is 0.414 bits per heavy atom. The van der Waals surface area contributed by atoms with Crippen molar-refractivity contribution in [3.63, 3.8) is 0 Å². The maximum Gasteiger partial charge on any atom is 2.00 e. The second kappa shape index (κ2) is 16.8. The molecule has 0 N–H and O–H groups in total. The molecule has 9 heteroatoms. The standard InChI is InChI=1S/2C6H18NSi2.2C4H8O.Mn/c2*1-8(2,3)7-9(4,5)6;2*1-2-4-5-3-1;/h2*1-6H3;2*1-4H2;/q2*-1;;;+2. The number of ether oxygens (including phenoxy) is 2. The van der Waals surface area contributed by atoms with E-state index >= 15 is 0 Å². The van der Waals surface area contributed by atoms with Gasteiger partial charge in [0.25, 0.3) is 0 Å². The summed E-state index contributed by atoms with van der Waals surface area (Å²) in [6.07, 6.45) is 5.11. The van der Waals surface area contributed by atoms with Crippen molar-refractivity contribution < 1.29 is 26.5 Å². The minimum Gasteiger partial charge on any atom is -0.668 e. The first-order valence-corrected chi connectivity index (χ1v) is 24.8. The zero-order valence-corrected chi connectivity index (χ0v) is 26.9. The van der Waals surface area contributed by atoms with Gasteiger partial charge in [0.15, 0.2) is 0 Å². The van der Waals surface area contributed by atoms with Crippen LogP contribution in [0.5, 0.6) is 0 Å². The van der Waals surface area contributed by atoms with Gasteiger partial charge in [-0.25, -0.2) is 0 Å². The first-order valence-electron chi connectivity index (χ1n) is 11.0. The molecule has 29 heavy (non-hydrogen) atoms. The molecular formula is C20H52MnN2O2Si4. The molecule has 2 heterocycles. The monoisotopic (exact) mass is 519 g/mol. The van der Waals surface area contributed by atoms with Crippen LogP contribution in [-0.2, 0) is 26.5 Å². The van der Waals surface area contributed by atoms with E-state index in [0.29, 0.717) is 0 Å². The first-order chi connectivity index (χ1) is 12.4. The molecule has 0 saturated carbocycles. The summed E-state index contributed by atoms with van der Waals surface area (Å²) in [7, 11) is -4.42. The molecular weight excluding hydrogens is 468 g/mol. The van der Waals surface area contributed by atoms with E-state index in [4.69, 9.17) is 18.8 Å². The second-order valence-electron chi connectivity index (χ2n) is 11.5. The molecule has 2 fully saturated rings. The van der Waals surface area contributed by atoms with E-state index in [1.54, 1.807) is 0 Å². The predicted octanol–water partition coefficient (Wildman–Crippen LogP) is 7.65. The molecule has 0 aromatic rings. The molecule has 0 bridgehead atoms. The van der Waals surface area contributed by atoms with Crippen molar-refractivity contribution in [2.75, 3.05) is 26.4 Å². The fourth-order valence-corrected chi connectivity index (χ4v) is 19.1. The van der Waals surface area contributed by atoms with Crippen LogP contribution in [-0.4, -0.2) is 59.4 Å². The van der Waals surface area contributed by atoms with E-state index in [9.17, 15) is 0 Å². The fourth-order valence-electron chi connectivity index (χ4n) is 3.03. The molecule has 0 spiro atoms. The summed E-state index contributed by atoms with van der Waals surface area (Å²) in [4.78, 5) is 0. The Labute approximate surface area is 198 Å². The average Bonchev–Trinajstić information content (AvgIpc) is 3.11. The van der Waals surface area contributed by atoms with Gasteiger partial charge in [0.2, 0.25) is 0 Å². The van der Waals surface area contributed by atoms with Crippen molar-refractivity contribution in [1.82, 2.24) is 0 Å². The first kappa shape index (κ1) is 34.8. The van der Waals surface area contributed by atoms with Crippen LogP contribution in [0.25, 0.3) is 9.30 Å². The smallest absolute Gasteiger partial charge is 0.668 e. The third-order valence-electron chi connectivity index (χ3n) is 3.00. The Hall–Kier alpha value is 1.23. The largest absolute Gasteiger partial charge is 2.00 e. The Bertz CT molecular complexity index is 293.